The lowest BCUT2D eigenvalue weighted by molar-refractivity contribution is -0.141. The zero-order chi connectivity index (χ0) is 16.4. The van der Waals surface area contributed by atoms with Crippen LogP contribution in [0.15, 0.2) is 18.2 Å². The highest BCUT2D eigenvalue weighted by Crippen LogP contribution is 2.33. The summed E-state index contributed by atoms with van der Waals surface area (Å²) in [7, 11) is 0. The third kappa shape index (κ3) is 3.23. The summed E-state index contributed by atoms with van der Waals surface area (Å²) in [5, 5.41) is 11.9. The van der Waals surface area contributed by atoms with Crippen molar-refractivity contribution < 1.29 is 23.8 Å². The van der Waals surface area contributed by atoms with Crippen LogP contribution < -0.4 is 10.1 Å². The number of nitrogens with zero attached hydrogens (tertiary/aromatic N) is 1. The van der Waals surface area contributed by atoms with Crippen LogP contribution in [0.5, 0.6) is 5.75 Å². The minimum Gasteiger partial charge on any atom is -0.490 e. The van der Waals surface area contributed by atoms with Crippen molar-refractivity contribution in [2.45, 2.75) is 25.3 Å². The minimum absolute atomic E-state index is 0.195. The molecular weight excluding hydrogens is 303 g/mol. The number of fused-ring (bicyclic) bond motifs is 1. The molecule has 1 aromatic carbocycles. The van der Waals surface area contributed by atoms with Gasteiger partial charge in [0.2, 0.25) is 0 Å². The molecule has 2 aliphatic heterocycles. The molecule has 0 saturated carbocycles. The summed E-state index contributed by atoms with van der Waals surface area (Å²) in [6, 6.07) is 4.04. The average molecular weight is 322 g/mol. The lowest BCUT2D eigenvalue weighted by atomic mass is 10.0. The van der Waals surface area contributed by atoms with E-state index in [-0.39, 0.29) is 24.4 Å². The van der Waals surface area contributed by atoms with E-state index in [1.54, 1.807) is 12.1 Å². The number of hydrogen-bond donors (Lipinski definition) is 2. The zero-order valence-electron chi connectivity index (χ0n) is 12.6. The molecule has 2 amide bonds. The SMILES string of the molecule is O=C(O)C1CCN(C(=O)NC2CCCOc3c(F)cccc32)C1. The molecule has 23 heavy (non-hydrogen) atoms. The fourth-order valence-corrected chi connectivity index (χ4v) is 3.11. The molecule has 7 heteroatoms. The fraction of sp³-hybridized carbons (Fsp3) is 0.500. The van der Waals surface area contributed by atoms with Gasteiger partial charge in [-0.1, -0.05) is 12.1 Å². The average Bonchev–Trinajstić information content (AvgIpc) is 2.93. The van der Waals surface area contributed by atoms with Crippen molar-refractivity contribution in [3.63, 3.8) is 0 Å². The number of likely N-dealkylation sites (tertiary alicyclic amines) is 1. The molecule has 1 saturated heterocycles. The van der Waals surface area contributed by atoms with Crippen LogP contribution in [-0.2, 0) is 4.79 Å². The molecule has 0 radical (unpaired) electrons. The van der Waals surface area contributed by atoms with E-state index >= 15 is 0 Å². The topological polar surface area (TPSA) is 78.9 Å². The minimum atomic E-state index is -0.879. The number of amides is 2. The summed E-state index contributed by atoms with van der Waals surface area (Å²) < 4.78 is 19.3. The molecule has 2 aliphatic rings. The van der Waals surface area contributed by atoms with E-state index in [0.29, 0.717) is 38.0 Å². The molecule has 6 nitrogen and oxygen atoms in total. The Balaban J connectivity index is 1.72. The Kier molecular flexibility index (Phi) is 4.36. The molecule has 2 atom stereocenters. The highest BCUT2D eigenvalue weighted by Gasteiger charge is 2.32. The summed E-state index contributed by atoms with van der Waals surface area (Å²) in [6.45, 7) is 1.04. The number of benzene rings is 1. The van der Waals surface area contributed by atoms with Crippen molar-refractivity contribution in [1.29, 1.82) is 0 Å². The van der Waals surface area contributed by atoms with Gasteiger partial charge in [-0.05, 0) is 25.3 Å². The monoisotopic (exact) mass is 322 g/mol. The Labute approximate surface area is 133 Å². The number of aliphatic carboxylic acids is 1. The number of ether oxygens (including phenoxy) is 1. The van der Waals surface area contributed by atoms with E-state index in [0.717, 1.165) is 0 Å². The molecule has 0 bridgehead atoms. The molecule has 2 unspecified atom stereocenters. The van der Waals surface area contributed by atoms with Gasteiger partial charge >= 0.3 is 12.0 Å². The molecule has 0 spiro atoms. The number of nitrogens with one attached hydrogen (secondary N) is 1. The maximum Gasteiger partial charge on any atom is 0.317 e. The smallest absolute Gasteiger partial charge is 0.317 e. The first-order valence-electron chi connectivity index (χ1n) is 7.75. The summed E-state index contributed by atoms with van der Waals surface area (Å²) >= 11 is 0. The second-order valence-corrected chi connectivity index (χ2v) is 5.92. The molecule has 2 heterocycles. The molecule has 124 valence electrons. The molecule has 1 aromatic rings. The Morgan fingerprint density at radius 1 is 1.35 bits per heavy atom. The third-order valence-corrected chi connectivity index (χ3v) is 4.38. The number of carboxylic acids is 1. The number of carboxylic acid groups (broad SMARTS) is 1. The van der Waals surface area contributed by atoms with Crippen LogP contribution in [0.25, 0.3) is 0 Å². The first kappa shape index (κ1) is 15.6. The molecule has 0 aliphatic carbocycles. The Morgan fingerprint density at radius 2 is 2.17 bits per heavy atom. The van der Waals surface area contributed by atoms with Gasteiger partial charge in [0, 0.05) is 18.7 Å². The number of hydrogen-bond acceptors (Lipinski definition) is 3. The molecular formula is C16H19FN2O4. The van der Waals surface area contributed by atoms with Crippen LogP contribution in [0.2, 0.25) is 0 Å². The van der Waals surface area contributed by atoms with E-state index in [4.69, 9.17) is 9.84 Å². The number of rotatable bonds is 2. The highest BCUT2D eigenvalue weighted by molar-refractivity contribution is 5.77. The summed E-state index contributed by atoms with van der Waals surface area (Å²) in [5.74, 6) is -1.63. The third-order valence-electron chi connectivity index (χ3n) is 4.38. The second-order valence-electron chi connectivity index (χ2n) is 5.92. The van der Waals surface area contributed by atoms with Gasteiger partial charge in [0.15, 0.2) is 11.6 Å². The quantitative estimate of drug-likeness (QED) is 0.874. The van der Waals surface area contributed by atoms with Gasteiger partial charge in [-0.3, -0.25) is 4.79 Å². The van der Waals surface area contributed by atoms with E-state index in [9.17, 15) is 14.0 Å². The Hall–Kier alpha value is -2.31. The number of carbonyl (C=O) groups is 2. The zero-order valence-corrected chi connectivity index (χ0v) is 12.6. The summed E-state index contributed by atoms with van der Waals surface area (Å²) in [5.41, 5.74) is 0.629. The standard InChI is InChI=1S/C16H19FN2O4/c17-12-4-1-3-11-13(5-2-8-23-14(11)12)18-16(22)19-7-6-10(9-19)15(20)21/h1,3-4,10,13H,2,5-9H2,(H,18,22)(H,20,21). The Bertz CT molecular complexity index is 622. The molecule has 0 aromatic heterocycles. The number of carbonyl (C=O) groups excluding carboxylic acids is 1. The lowest BCUT2D eigenvalue weighted by Crippen LogP contribution is -2.40. The van der Waals surface area contributed by atoms with E-state index < -0.39 is 17.7 Å². The summed E-state index contributed by atoms with van der Waals surface area (Å²) in [6.07, 6.45) is 1.82. The van der Waals surface area contributed by atoms with Crippen LogP contribution in [0.3, 0.4) is 0 Å². The molecule has 1 fully saturated rings. The van der Waals surface area contributed by atoms with E-state index in [2.05, 4.69) is 5.32 Å². The predicted octanol–water partition coefficient (Wildman–Crippen LogP) is 2.16. The van der Waals surface area contributed by atoms with Gasteiger partial charge < -0.3 is 20.1 Å². The van der Waals surface area contributed by atoms with Crippen molar-refractivity contribution in [3.8, 4) is 5.75 Å². The van der Waals surface area contributed by atoms with Gasteiger partial charge in [-0.15, -0.1) is 0 Å². The Morgan fingerprint density at radius 3 is 2.91 bits per heavy atom. The van der Waals surface area contributed by atoms with Crippen molar-refractivity contribution in [1.82, 2.24) is 10.2 Å². The second kappa shape index (κ2) is 6.44. The van der Waals surface area contributed by atoms with E-state index in [1.807, 2.05) is 0 Å². The highest BCUT2D eigenvalue weighted by atomic mass is 19.1. The van der Waals surface area contributed by atoms with Crippen LogP contribution in [-0.4, -0.2) is 41.7 Å². The summed E-state index contributed by atoms with van der Waals surface area (Å²) in [4.78, 5) is 24.9. The van der Waals surface area contributed by atoms with Crippen molar-refractivity contribution >= 4 is 12.0 Å². The normalized spacial score (nSPS) is 23.6. The van der Waals surface area contributed by atoms with Crippen LogP contribution in [0.1, 0.15) is 30.9 Å². The van der Waals surface area contributed by atoms with Gasteiger partial charge in [0.25, 0.3) is 0 Å². The number of urea groups is 1. The number of halogens is 1. The van der Waals surface area contributed by atoms with Crippen LogP contribution in [0.4, 0.5) is 9.18 Å². The largest absolute Gasteiger partial charge is 0.490 e. The van der Waals surface area contributed by atoms with Gasteiger partial charge in [-0.25, -0.2) is 9.18 Å². The van der Waals surface area contributed by atoms with Gasteiger partial charge in [-0.2, -0.15) is 0 Å². The van der Waals surface area contributed by atoms with Crippen molar-refractivity contribution in [2.75, 3.05) is 19.7 Å². The lowest BCUT2D eigenvalue weighted by Gasteiger charge is -2.23. The first-order valence-corrected chi connectivity index (χ1v) is 7.75. The van der Waals surface area contributed by atoms with E-state index in [1.165, 1.54) is 11.0 Å². The van der Waals surface area contributed by atoms with Crippen LogP contribution >= 0.6 is 0 Å². The number of para-hydroxylation sites is 1. The van der Waals surface area contributed by atoms with Crippen LogP contribution in [0, 0.1) is 11.7 Å². The first-order chi connectivity index (χ1) is 11.1. The fourth-order valence-electron chi connectivity index (χ4n) is 3.11. The van der Waals surface area contributed by atoms with Gasteiger partial charge in [0.05, 0.1) is 18.6 Å². The van der Waals surface area contributed by atoms with Crippen molar-refractivity contribution in [2.24, 2.45) is 5.92 Å². The maximum atomic E-state index is 13.9. The molecule has 3 rings (SSSR count). The maximum absolute atomic E-state index is 13.9. The molecule has 2 N–H and O–H groups in total. The van der Waals surface area contributed by atoms with Gasteiger partial charge in [0.1, 0.15) is 0 Å². The predicted molar refractivity (Wildman–Crippen MR) is 79.7 cm³/mol. The van der Waals surface area contributed by atoms with Crippen molar-refractivity contribution in [3.05, 3.63) is 29.6 Å².